The third-order valence-electron chi connectivity index (χ3n) is 5.04. The van der Waals surface area contributed by atoms with E-state index in [0.717, 1.165) is 5.56 Å². The fourth-order valence-corrected chi connectivity index (χ4v) is 3.10. The van der Waals surface area contributed by atoms with Crippen molar-refractivity contribution in [1.29, 1.82) is 0 Å². The Morgan fingerprint density at radius 1 is 0.914 bits per heavy atom. The summed E-state index contributed by atoms with van der Waals surface area (Å²) in [4.78, 5) is 59.4. The van der Waals surface area contributed by atoms with Crippen LogP contribution in [0.15, 0.2) is 24.3 Å². The fourth-order valence-electron chi connectivity index (χ4n) is 3.10. The van der Waals surface area contributed by atoms with Gasteiger partial charge in [-0.15, -0.1) is 0 Å². The number of nitrogens with two attached hydrogens (primary N) is 3. The van der Waals surface area contributed by atoms with Gasteiger partial charge >= 0.3 is 5.97 Å². The van der Waals surface area contributed by atoms with E-state index in [0.29, 0.717) is 19.4 Å². The first-order valence-electron chi connectivity index (χ1n) is 11.2. The molecule has 0 saturated carbocycles. The topological polar surface area (TPSA) is 240 Å². The van der Waals surface area contributed by atoms with E-state index in [2.05, 4.69) is 16.0 Å². The van der Waals surface area contributed by atoms with Gasteiger partial charge in [-0.3, -0.25) is 19.2 Å². The number of primary amides is 1. The summed E-state index contributed by atoms with van der Waals surface area (Å²) in [6.45, 7) is -0.144. The van der Waals surface area contributed by atoms with Crippen molar-refractivity contribution in [2.75, 3.05) is 13.1 Å². The molecule has 0 saturated heterocycles. The lowest BCUT2D eigenvalue weighted by Gasteiger charge is -2.21. The Bertz CT molecular complexity index is 878. The number of rotatable bonds is 16. The number of carbonyl (C=O) groups excluding carboxylic acids is 4. The number of hydrogen-bond acceptors (Lipinski definition) is 8. The van der Waals surface area contributed by atoms with Crippen LogP contribution in [0.25, 0.3) is 0 Å². The summed E-state index contributed by atoms with van der Waals surface area (Å²) in [5.41, 5.74) is 17.2. The van der Waals surface area contributed by atoms with Gasteiger partial charge in [0.15, 0.2) is 0 Å². The maximum atomic E-state index is 12.6. The molecule has 35 heavy (non-hydrogen) atoms. The molecule has 13 nitrogen and oxygen atoms in total. The summed E-state index contributed by atoms with van der Waals surface area (Å²) in [5.74, 6) is -3.99. The van der Waals surface area contributed by atoms with Crippen LogP contribution in [0.2, 0.25) is 0 Å². The molecule has 1 rings (SSSR count). The molecule has 13 heteroatoms. The molecular weight excluding hydrogens is 460 g/mol. The van der Waals surface area contributed by atoms with Crippen molar-refractivity contribution in [2.24, 2.45) is 17.2 Å². The monoisotopic (exact) mass is 494 g/mol. The Kier molecular flexibility index (Phi) is 12.8. The lowest BCUT2D eigenvalue weighted by molar-refractivity contribution is -0.142. The Morgan fingerprint density at radius 3 is 2.14 bits per heavy atom. The second kappa shape index (κ2) is 15.2. The van der Waals surface area contributed by atoms with Crippen LogP contribution in [0.3, 0.4) is 0 Å². The summed E-state index contributed by atoms with van der Waals surface area (Å²) >= 11 is 0. The zero-order valence-corrected chi connectivity index (χ0v) is 19.4. The first-order chi connectivity index (χ1) is 16.5. The first kappa shape index (κ1) is 29.3. The van der Waals surface area contributed by atoms with Gasteiger partial charge in [-0.05, 0) is 56.3 Å². The van der Waals surface area contributed by atoms with Crippen LogP contribution in [0.1, 0.15) is 37.7 Å². The van der Waals surface area contributed by atoms with Crippen molar-refractivity contribution >= 4 is 29.6 Å². The predicted octanol–water partition coefficient (Wildman–Crippen LogP) is -2.17. The molecule has 0 radical (unpaired) electrons. The van der Waals surface area contributed by atoms with Crippen LogP contribution < -0.4 is 33.2 Å². The molecule has 0 heterocycles. The highest BCUT2D eigenvalue weighted by atomic mass is 16.4. The quantitative estimate of drug-likeness (QED) is 0.116. The number of phenolic OH excluding ortho intramolecular Hbond substituents is 1. The van der Waals surface area contributed by atoms with E-state index in [4.69, 9.17) is 22.3 Å². The van der Waals surface area contributed by atoms with Gasteiger partial charge in [-0.2, -0.15) is 0 Å². The molecule has 1 aromatic carbocycles. The van der Waals surface area contributed by atoms with E-state index in [-0.39, 0.29) is 31.4 Å². The minimum atomic E-state index is -1.35. The highest BCUT2D eigenvalue weighted by Crippen LogP contribution is 2.11. The van der Waals surface area contributed by atoms with Crippen molar-refractivity contribution in [2.45, 2.75) is 56.7 Å². The zero-order chi connectivity index (χ0) is 26.4. The molecular formula is C22H34N6O7. The molecule has 4 amide bonds. The number of benzene rings is 1. The molecule has 0 spiro atoms. The van der Waals surface area contributed by atoms with Crippen molar-refractivity contribution < 1.29 is 34.2 Å². The number of nitrogens with one attached hydrogen (secondary N) is 3. The maximum absolute atomic E-state index is 12.6. The Hall–Kier alpha value is -3.71. The smallest absolute Gasteiger partial charge is 0.326 e. The molecule has 0 bridgehead atoms. The molecule has 194 valence electrons. The van der Waals surface area contributed by atoms with Gasteiger partial charge in [-0.1, -0.05) is 12.1 Å². The third-order valence-corrected chi connectivity index (χ3v) is 5.04. The van der Waals surface area contributed by atoms with Gasteiger partial charge in [0.05, 0.1) is 12.6 Å². The number of phenols is 1. The Balaban J connectivity index is 2.68. The Labute approximate surface area is 202 Å². The van der Waals surface area contributed by atoms with Gasteiger partial charge in [0.2, 0.25) is 23.6 Å². The predicted molar refractivity (Wildman–Crippen MR) is 126 cm³/mol. The van der Waals surface area contributed by atoms with E-state index in [1.165, 1.54) is 12.1 Å². The lowest BCUT2D eigenvalue weighted by Crippen LogP contribution is -2.53. The second-order valence-electron chi connectivity index (χ2n) is 8.00. The van der Waals surface area contributed by atoms with E-state index in [9.17, 15) is 29.1 Å². The zero-order valence-electron chi connectivity index (χ0n) is 19.4. The molecule has 0 aliphatic carbocycles. The fraction of sp³-hybridized carbons (Fsp3) is 0.500. The highest BCUT2D eigenvalue weighted by molar-refractivity contribution is 5.92. The van der Waals surface area contributed by atoms with Crippen LogP contribution in [0, 0.1) is 0 Å². The molecule has 1 aromatic rings. The normalized spacial score (nSPS) is 13.2. The number of unbranched alkanes of at least 4 members (excludes halogenated alkanes) is 1. The summed E-state index contributed by atoms with van der Waals surface area (Å²) < 4.78 is 0. The number of carboxylic acid groups (broad SMARTS) is 1. The summed E-state index contributed by atoms with van der Waals surface area (Å²) in [5, 5.41) is 25.7. The SMILES string of the molecule is NCCCCC(NC(=O)C(N)Cc1ccc(O)cc1)C(=O)NCC(=O)NC(CCC(N)=O)C(=O)O. The van der Waals surface area contributed by atoms with Crippen LogP contribution in [0.4, 0.5) is 0 Å². The number of carboxylic acids is 1. The van der Waals surface area contributed by atoms with Crippen LogP contribution in [-0.2, 0) is 30.4 Å². The van der Waals surface area contributed by atoms with E-state index in [1.807, 2.05) is 0 Å². The van der Waals surface area contributed by atoms with E-state index >= 15 is 0 Å². The second-order valence-corrected chi connectivity index (χ2v) is 8.00. The summed E-state index contributed by atoms with van der Waals surface area (Å²) in [6.07, 6.45) is 1.14. The molecule has 0 aromatic heterocycles. The van der Waals surface area contributed by atoms with Gasteiger partial charge in [0.1, 0.15) is 17.8 Å². The number of aromatic hydroxyl groups is 1. The molecule has 0 aliphatic heterocycles. The van der Waals surface area contributed by atoms with Gasteiger partial charge in [-0.25, -0.2) is 4.79 Å². The number of amides is 4. The first-order valence-corrected chi connectivity index (χ1v) is 11.2. The molecule has 11 N–H and O–H groups in total. The molecule has 3 unspecified atom stereocenters. The Morgan fingerprint density at radius 2 is 1.57 bits per heavy atom. The number of hydrogen-bond donors (Lipinski definition) is 8. The average Bonchev–Trinajstić information content (AvgIpc) is 2.80. The molecule has 0 fully saturated rings. The van der Waals surface area contributed by atoms with E-state index < -0.39 is 54.3 Å². The van der Waals surface area contributed by atoms with Gasteiger partial charge in [0.25, 0.3) is 0 Å². The largest absolute Gasteiger partial charge is 0.508 e. The third kappa shape index (κ3) is 11.8. The summed E-state index contributed by atoms with van der Waals surface area (Å²) in [7, 11) is 0. The number of carbonyl (C=O) groups is 5. The highest BCUT2D eigenvalue weighted by Gasteiger charge is 2.25. The maximum Gasteiger partial charge on any atom is 0.326 e. The molecule has 0 aliphatic rings. The average molecular weight is 495 g/mol. The van der Waals surface area contributed by atoms with Crippen LogP contribution in [0.5, 0.6) is 5.75 Å². The van der Waals surface area contributed by atoms with Gasteiger partial charge < -0.3 is 43.4 Å². The summed E-state index contributed by atoms with van der Waals surface area (Å²) in [6, 6.07) is 2.89. The van der Waals surface area contributed by atoms with Crippen LogP contribution in [-0.4, -0.2) is 71.0 Å². The van der Waals surface area contributed by atoms with Gasteiger partial charge in [0, 0.05) is 6.42 Å². The van der Waals surface area contributed by atoms with Crippen molar-refractivity contribution in [3.8, 4) is 5.75 Å². The molecule has 3 atom stereocenters. The van der Waals surface area contributed by atoms with Crippen molar-refractivity contribution in [3.05, 3.63) is 29.8 Å². The van der Waals surface area contributed by atoms with Crippen molar-refractivity contribution in [3.63, 3.8) is 0 Å². The van der Waals surface area contributed by atoms with Crippen molar-refractivity contribution in [1.82, 2.24) is 16.0 Å². The van der Waals surface area contributed by atoms with E-state index in [1.54, 1.807) is 12.1 Å². The minimum Gasteiger partial charge on any atom is -0.508 e. The number of aliphatic carboxylic acids is 1. The standard InChI is InChI=1S/C22H34N6O7/c23-10-2-1-3-16(28-20(32)15(24)11-13-4-6-14(29)7-5-13)21(33)26-12-19(31)27-17(22(34)35)8-9-18(25)30/h4-7,15-17,29H,1-3,8-12,23-24H2,(H2,25,30)(H,26,33)(H,27,31)(H,28,32)(H,34,35). The minimum absolute atomic E-state index is 0.0787. The lowest BCUT2D eigenvalue weighted by atomic mass is 10.0. The van der Waals surface area contributed by atoms with Crippen LogP contribution >= 0.6 is 0 Å².